The number of carboxylic acid groups (broad SMARTS) is 1. The third kappa shape index (κ3) is 3.15. The maximum Gasteiger partial charge on any atom is 0.554 e. The average molecular weight is 313 g/mol. The number of hydrogen-bond acceptors (Lipinski definition) is 4. The van der Waals surface area contributed by atoms with E-state index in [9.17, 15) is 14.7 Å². The van der Waals surface area contributed by atoms with Crippen molar-refractivity contribution in [2.24, 2.45) is 0 Å². The first-order chi connectivity index (χ1) is 9.51. The van der Waals surface area contributed by atoms with E-state index in [1.165, 1.54) is 12.5 Å². The number of carbonyl (C=O) groups excluding carboxylic acids is 1. The highest BCUT2D eigenvalue weighted by Gasteiger charge is 2.29. The number of aromatic nitrogens is 1. The summed E-state index contributed by atoms with van der Waals surface area (Å²) >= 11 is 5.81. The Morgan fingerprint density at radius 3 is 2.55 bits per heavy atom. The van der Waals surface area contributed by atoms with Gasteiger partial charge in [-0.05, 0) is 24.3 Å². The Morgan fingerprint density at radius 2 is 2.00 bits per heavy atom. The molecular formula is C13H11ClNO4S+. The minimum atomic E-state index is -1.17. The fraction of sp³-hybridized carbons (Fsp3) is 0.154. The van der Waals surface area contributed by atoms with Crippen LogP contribution in [0.2, 0.25) is 5.02 Å². The van der Waals surface area contributed by atoms with Crippen LogP contribution in [0.3, 0.4) is 0 Å². The van der Waals surface area contributed by atoms with Gasteiger partial charge in [0.2, 0.25) is 0 Å². The molecule has 0 amide bonds. The summed E-state index contributed by atoms with van der Waals surface area (Å²) in [4.78, 5) is 26.8. The van der Waals surface area contributed by atoms with Gasteiger partial charge in [-0.3, -0.25) is 4.79 Å². The Balaban J connectivity index is 2.43. The van der Waals surface area contributed by atoms with Crippen LogP contribution in [0.5, 0.6) is 0 Å². The van der Waals surface area contributed by atoms with Crippen LogP contribution in [-0.2, 0) is 16.0 Å². The van der Waals surface area contributed by atoms with Crippen molar-refractivity contribution in [1.82, 2.24) is 4.98 Å². The predicted octanol–water partition coefficient (Wildman–Crippen LogP) is 3.39. The number of methoxy groups -OCH3 is 1. The molecule has 2 rings (SSSR count). The third-order valence-electron chi connectivity index (χ3n) is 2.54. The Bertz CT molecular complexity index is 651. The molecule has 0 aliphatic rings. The predicted molar refractivity (Wildman–Crippen MR) is 76.3 cm³/mol. The van der Waals surface area contributed by atoms with Crippen molar-refractivity contribution in [3.63, 3.8) is 0 Å². The normalized spacial score (nSPS) is 11.2. The van der Waals surface area contributed by atoms with Gasteiger partial charge in [-0.15, -0.1) is 0 Å². The molecule has 2 aromatic rings. The Morgan fingerprint density at radius 1 is 1.35 bits per heavy atom. The molecule has 7 heteroatoms. The molecule has 0 aliphatic carbocycles. The molecule has 0 fully saturated rings. The van der Waals surface area contributed by atoms with E-state index in [0.717, 1.165) is 0 Å². The van der Waals surface area contributed by atoms with E-state index in [-0.39, 0.29) is 6.42 Å². The van der Waals surface area contributed by atoms with Gasteiger partial charge < -0.3 is 9.84 Å². The van der Waals surface area contributed by atoms with Crippen molar-refractivity contribution in [2.75, 3.05) is 7.11 Å². The van der Waals surface area contributed by atoms with E-state index in [0.29, 0.717) is 21.3 Å². The fourth-order valence-electron chi connectivity index (χ4n) is 1.62. The van der Waals surface area contributed by atoms with Gasteiger partial charge in [-0.2, -0.15) is 9.78 Å². The SMILES string of the molecule is COC(=O)Cc1c[s+](C(=O)O)c(-c2ccc(Cl)cc2)n1. The quantitative estimate of drug-likeness (QED) is 0.691. The number of ether oxygens (including phenoxy) is 1. The second-order valence-corrected chi connectivity index (χ2v) is 5.97. The van der Waals surface area contributed by atoms with Crippen molar-refractivity contribution in [3.8, 4) is 10.6 Å². The van der Waals surface area contributed by atoms with Crippen molar-refractivity contribution in [3.05, 3.63) is 40.4 Å². The van der Waals surface area contributed by atoms with Crippen LogP contribution in [0, 0.1) is 0 Å². The summed E-state index contributed by atoms with van der Waals surface area (Å²) in [5.41, 5.74) is 1.09. The lowest BCUT2D eigenvalue weighted by molar-refractivity contribution is -0.139. The van der Waals surface area contributed by atoms with Crippen LogP contribution in [0.25, 0.3) is 10.6 Å². The summed E-state index contributed by atoms with van der Waals surface area (Å²) in [5.74, 6) is -0.453. The molecule has 1 aromatic carbocycles. The van der Waals surface area contributed by atoms with Gasteiger partial charge in [0.1, 0.15) is 16.2 Å². The van der Waals surface area contributed by atoms with Crippen LogP contribution >= 0.6 is 22.1 Å². The summed E-state index contributed by atoms with van der Waals surface area (Å²) in [7, 11) is 0.107. The molecule has 1 unspecified atom stereocenters. The maximum atomic E-state index is 11.3. The lowest BCUT2D eigenvalue weighted by Gasteiger charge is -1.94. The minimum Gasteiger partial charge on any atom is -0.469 e. The summed E-state index contributed by atoms with van der Waals surface area (Å²) in [6.07, 6.45) is -0.0373. The van der Waals surface area contributed by atoms with Crippen LogP contribution in [-0.4, -0.2) is 28.5 Å². The highest BCUT2D eigenvalue weighted by molar-refractivity contribution is 7.51. The fourth-order valence-corrected chi connectivity index (χ4v) is 3.13. The molecule has 0 bridgehead atoms. The first-order valence-corrected chi connectivity index (χ1v) is 7.26. The average Bonchev–Trinajstić information content (AvgIpc) is 2.83. The van der Waals surface area contributed by atoms with Gasteiger partial charge in [-0.1, -0.05) is 11.6 Å². The standard InChI is InChI=1S/C13H10ClNO4S/c1-19-11(16)6-10-7-20(13(17)18)12(15-10)8-2-4-9(14)5-3-8/h2-5,7H,6H2,1H3/p+1. The molecule has 1 atom stereocenters. The Hall–Kier alpha value is -1.92. The van der Waals surface area contributed by atoms with Crippen LogP contribution in [0.15, 0.2) is 29.6 Å². The number of hydrogen-bond donors (Lipinski definition) is 1. The smallest absolute Gasteiger partial charge is 0.469 e. The van der Waals surface area contributed by atoms with Gasteiger partial charge in [0.25, 0.3) is 5.01 Å². The highest BCUT2D eigenvalue weighted by atomic mass is 35.5. The van der Waals surface area contributed by atoms with Crippen molar-refractivity contribution in [1.29, 1.82) is 0 Å². The molecule has 1 heterocycles. The highest BCUT2D eigenvalue weighted by Crippen LogP contribution is 2.35. The van der Waals surface area contributed by atoms with Crippen LogP contribution in [0.4, 0.5) is 4.79 Å². The topological polar surface area (TPSA) is 76.5 Å². The molecule has 5 nitrogen and oxygen atoms in total. The van der Waals surface area contributed by atoms with E-state index in [1.807, 2.05) is 0 Å². The molecule has 0 saturated heterocycles. The minimum absolute atomic E-state index is 0.0373. The zero-order chi connectivity index (χ0) is 14.7. The second kappa shape index (κ2) is 6.02. The first-order valence-electron chi connectivity index (χ1n) is 5.59. The monoisotopic (exact) mass is 312 g/mol. The van der Waals surface area contributed by atoms with Gasteiger partial charge in [0.05, 0.1) is 19.1 Å². The van der Waals surface area contributed by atoms with Gasteiger partial charge in [-0.25, -0.2) is 0 Å². The van der Waals surface area contributed by atoms with Crippen LogP contribution < -0.4 is 0 Å². The maximum absolute atomic E-state index is 11.3. The molecule has 1 N–H and O–H groups in total. The van der Waals surface area contributed by atoms with E-state index in [4.69, 9.17) is 11.6 Å². The molecule has 104 valence electrons. The molecule has 20 heavy (non-hydrogen) atoms. The zero-order valence-electron chi connectivity index (χ0n) is 10.5. The van der Waals surface area contributed by atoms with E-state index in [2.05, 4.69) is 9.72 Å². The van der Waals surface area contributed by atoms with Crippen molar-refractivity contribution >= 4 is 33.3 Å². The molecule has 0 saturated carbocycles. The van der Waals surface area contributed by atoms with E-state index >= 15 is 0 Å². The van der Waals surface area contributed by atoms with E-state index in [1.54, 1.807) is 24.3 Å². The number of carbonyl (C=O) groups is 2. The van der Waals surface area contributed by atoms with E-state index < -0.39 is 21.7 Å². The lowest BCUT2D eigenvalue weighted by Crippen LogP contribution is -2.04. The number of rotatable bonds is 4. The number of benzene rings is 1. The summed E-state index contributed by atoms with van der Waals surface area (Å²) in [6, 6.07) is 6.75. The summed E-state index contributed by atoms with van der Waals surface area (Å²) < 4.78 is 4.55. The molecule has 0 radical (unpaired) electrons. The summed E-state index contributed by atoms with van der Waals surface area (Å²) in [5, 5.41) is 10.7. The van der Waals surface area contributed by atoms with Crippen molar-refractivity contribution in [2.45, 2.75) is 6.42 Å². The number of esters is 1. The van der Waals surface area contributed by atoms with Gasteiger partial charge >= 0.3 is 11.3 Å². The third-order valence-corrected chi connectivity index (χ3v) is 4.42. The Labute approximate surface area is 122 Å². The largest absolute Gasteiger partial charge is 0.554 e. The summed E-state index contributed by atoms with van der Waals surface area (Å²) in [6.45, 7) is 0. The van der Waals surface area contributed by atoms with Crippen molar-refractivity contribution < 1.29 is 19.4 Å². The van der Waals surface area contributed by atoms with Gasteiger partial charge in [0, 0.05) is 5.02 Å². The first kappa shape index (κ1) is 14.5. The number of halogens is 1. The molecule has 1 aromatic heterocycles. The van der Waals surface area contributed by atoms with Gasteiger partial charge in [0.15, 0.2) is 5.38 Å². The molecule has 0 aliphatic heterocycles. The zero-order valence-corrected chi connectivity index (χ0v) is 12.1. The number of thiazole rings is 1. The molecular weight excluding hydrogens is 302 g/mol. The second-order valence-electron chi connectivity index (χ2n) is 3.89. The number of nitrogens with zero attached hydrogens (tertiary/aromatic N) is 1. The Kier molecular flexibility index (Phi) is 4.36. The lowest BCUT2D eigenvalue weighted by atomic mass is 10.2. The molecule has 0 spiro atoms. The van der Waals surface area contributed by atoms with Crippen LogP contribution in [0.1, 0.15) is 5.69 Å².